The molecule has 0 fully saturated rings. The molecule has 3 N–H and O–H groups in total. The number of para-hydroxylation sites is 1. The first kappa shape index (κ1) is 18.0. The first-order valence-corrected chi connectivity index (χ1v) is 8.39. The molecule has 11 nitrogen and oxygen atoms in total. The van der Waals surface area contributed by atoms with Crippen LogP contribution in [0, 0.1) is 10.1 Å². The van der Waals surface area contributed by atoms with Gasteiger partial charge in [-0.2, -0.15) is 15.0 Å². The summed E-state index contributed by atoms with van der Waals surface area (Å²) >= 11 is 0. The second-order valence-electron chi connectivity index (χ2n) is 6.11. The number of nitrogen functional groups attached to an aromatic ring is 1. The van der Waals surface area contributed by atoms with Crippen LogP contribution in [0.3, 0.4) is 0 Å². The Balaban J connectivity index is 1.60. The summed E-state index contributed by atoms with van der Waals surface area (Å²) in [7, 11) is 0. The summed E-state index contributed by atoms with van der Waals surface area (Å²) in [4.78, 5) is 48.6. The van der Waals surface area contributed by atoms with E-state index in [1.807, 2.05) is 18.2 Å². The molecular weight excluding hydrogens is 378 g/mol. The van der Waals surface area contributed by atoms with Crippen molar-refractivity contribution in [1.82, 2.24) is 19.9 Å². The van der Waals surface area contributed by atoms with E-state index in [4.69, 9.17) is 5.73 Å². The Kier molecular flexibility index (Phi) is 4.31. The quantitative estimate of drug-likeness (QED) is 0.376. The second-order valence-corrected chi connectivity index (χ2v) is 6.11. The number of fused-ring (bicyclic) bond motifs is 1. The number of hydrogen-bond acceptors (Lipinski definition) is 9. The minimum atomic E-state index is -0.662. The number of nitrogens with one attached hydrogen (secondary N) is 1. The van der Waals surface area contributed by atoms with Gasteiger partial charge in [0.25, 0.3) is 17.5 Å². The van der Waals surface area contributed by atoms with Crippen molar-refractivity contribution in [3.05, 3.63) is 75.6 Å². The van der Waals surface area contributed by atoms with Crippen molar-refractivity contribution in [3.8, 4) is 0 Å². The van der Waals surface area contributed by atoms with Crippen LogP contribution in [0.25, 0.3) is 0 Å². The molecule has 2 amide bonds. The van der Waals surface area contributed by atoms with Gasteiger partial charge < -0.3 is 11.1 Å². The van der Waals surface area contributed by atoms with Gasteiger partial charge in [-0.15, -0.1) is 0 Å². The highest BCUT2D eigenvalue weighted by Crippen LogP contribution is 2.27. The Morgan fingerprint density at radius 3 is 2.45 bits per heavy atom. The Hall–Kier alpha value is -4.41. The Morgan fingerprint density at radius 1 is 1.00 bits per heavy atom. The van der Waals surface area contributed by atoms with Gasteiger partial charge in [0, 0.05) is 17.8 Å². The molecule has 0 aliphatic carbocycles. The van der Waals surface area contributed by atoms with Crippen LogP contribution in [-0.2, 0) is 6.54 Å². The number of non-ortho nitro benzene ring substituents is 1. The maximum Gasteiger partial charge on any atom is 0.270 e. The number of nitro benzene ring substituents is 1. The fourth-order valence-corrected chi connectivity index (χ4v) is 2.89. The van der Waals surface area contributed by atoms with E-state index in [0.717, 1.165) is 16.7 Å². The number of aromatic nitrogens is 3. The van der Waals surface area contributed by atoms with Crippen molar-refractivity contribution in [2.24, 2.45) is 0 Å². The van der Waals surface area contributed by atoms with Gasteiger partial charge in [-0.25, -0.2) is 0 Å². The van der Waals surface area contributed by atoms with Crippen LogP contribution in [0.15, 0.2) is 48.5 Å². The van der Waals surface area contributed by atoms with Crippen LogP contribution in [0.5, 0.6) is 0 Å². The van der Waals surface area contributed by atoms with Gasteiger partial charge in [0.05, 0.1) is 22.6 Å². The molecule has 0 atom stereocenters. The molecule has 0 radical (unpaired) electrons. The number of amides is 2. The molecule has 144 valence electrons. The Morgan fingerprint density at radius 2 is 1.72 bits per heavy atom. The number of nitrogens with two attached hydrogens (primary N) is 1. The minimum Gasteiger partial charge on any atom is -0.368 e. The first-order chi connectivity index (χ1) is 13.9. The lowest BCUT2D eigenvalue weighted by atomic mass is 10.1. The van der Waals surface area contributed by atoms with Crippen LogP contribution in [-0.4, -0.2) is 36.6 Å². The molecule has 0 bridgehead atoms. The Labute approximate surface area is 163 Å². The molecule has 1 aliphatic heterocycles. The standard InChI is InChI=1S/C18H13N7O4/c19-17-21-14(22-18(23-17)20-10-4-2-1-3-5-10)9-24-15(26)12-7-6-11(25(28)29)8-13(12)16(24)27/h1-8H,9H2,(H3,19,20,21,22,23). The molecule has 2 aromatic carbocycles. The highest BCUT2D eigenvalue weighted by molar-refractivity contribution is 6.21. The van der Waals surface area contributed by atoms with Gasteiger partial charge in [-0.05, 0) is 18.2 Å². The molecule has 1 aliphatic rings. The van der Waals surface area contributed by atoms with Crippen molar-refractivity contribution < 1.29 is 14.5 Å². The van der Waals surface area contributed by atoms with E-state index in [1.54, 1.807) is 12.1 Å². The number of imide groups is 1. The van der Waals surface area contributed by atoms with Gasteiger partial charge in [0.1, 0.15) is 0 Å². The average molecular weight is 391 g/mol. The fraction of sp³-hybridized carbons (Fsp3) is 0.0556. The third kappa shape index (κ3) is 3.43. The lowest BCUT2D eigenvalue weighted by Crippen LogP contribution is -2.30. The summed E-state index contributed by atoms with van der Waals surface area (Å²) in [6, 6.07) is 12.6. The molecule has 4 rings (SSSR count). The van der Waals surface area contributed by atoms with E-state index < -0.39 is 16.7 Å². The monoisotopic (exact) mass is 391 g/mol. The lowest BCUT2D eigenvalue weighted by Gasteiger charge is -2.13. The highest BCUT2D eigenvalue weighted by Gasteiger charge is 2.37. The topological polar surface area (TPSA) is 157 Å². The zero-order valence-corrected chi connectivity index (χ0v) is 14.8. The van der Waals surface area contributed by atoms with E-state index in [0.29, 0.717) is 0 Å². The number of rotatable bonds is 5. The number of nitro groups is 1. The van der Waals surface area contributed by atoms with Gasteiger partial charge in [0.15, 0.2) is 5.82 Å². The number of benzene rings is 2. The van der Waals surface area contributed by atoms with E-state index in [2.05, 4.69) is 20.3 Å². The number of carbonyl (C=O) groups is 2. The predicted octanol–water partition coefficient (Wildman–Crippen LogP) is 1.90. The first-order valence-electron chi connectivity index (χ1n) is 8.39. The molecule has 2 heterocycles. The van der Waals surface area contributed by atoms with E-state index in [1.165, 1.54) is 12.1 Å². The highest BCUT2D eigenvalue weighted by atomic mass is 16.6. The van der Waals surface area contributed by atoms with E-state index in [9.17, 15) is 19.7 Å². The number of anilines is 3. The molecule has 0 unspecified atom stereocenters. The lowest BCUT2D eigenvalue weighted by molar-refractivity contribution is -0.384. The maximum atomic E-state index is 12.6. The van der Waals surface area contributed by atoms with Crippen LogP contribution >= 0.6 is 0 Å². The van der Waals surface area contributed by atoms with Gasteiger partial charge >= 0.3 is 0 Å². The fourth-order valence-electron chi connectivity index (χ4n) is 2.89. The summed E-state index contributed by atoms with van der Waals surface area (Å²) in [6.07, 6.45) is 0. The zero-order chi connectivity index (χ0) is 20.5. The Bertz CT molecular complexity index is 1150. The van der Waals surface area contributed by atoms with E-state index in [-0.39, 0.29) is 41.1 Å². The van der Waals surface area contributed by atoms with Gasteiger partial charge in [-0.1, -0.05) is 18.2 Å². The van der Waals surface area contributed by atoms with Crippen LogP contribution in [0.2, 0.25) is 0 Å². The third-order valence-electron chi connectivity index (χ3n) is 4.19. The van der Waals surface area contributed by atoms with Crippen molar-refractivity contribution in [1.29, 1.82) is 0 Å². The number of nitrogens with zero attached hydrogens (tertiary/aromatic N) is 5. The van der Waals surface area contributed by atoms with Crippen molar-refractivity contribution in [2.45, 2.75) is 6.54 Å². The number of hydrogen-bond donors (Lipinski definition) is 2. The van der Waals surface area contributed by atoms with Crippen molar-refractivity contribution in [3.63, 3.8) is 0 Å². The van der Waals surface area contributed by atoms with Crippen LogP contribution < -0.4 is 11.1 Å². The summed E-state index contributed by atoms with van der Waals surface area (Å²) in [5.74, 6) is -1.08. The number of carbonyl (C=O) groups excluding carboxylic acids is 2. The minimum absolute atomic E-state index is 0.0335. The summed E-state index contributed by atoms with van der Waals surface area (Å²) in [5, 5.41) is 13.9. The van der Waals surface area contributed by atoms with Crippen molar-refractivity contribution in [2.75, 3.05) is 11.1 Å². The van der Waals surface area contributed by atoms with Gasteiger partial charge in [0.2, 0.25) is 11.9 Å². The average Bonchev–Trinajstić information content (AvgIpc) is 2.93. The molecular formula is C18H13N7O4. The predicted molar refractivity (Wildman–Crippen MR) is 101 cm³/mol. The summed E-state index contributed by atoms with van der Waals surface area (Å²) in [6.45, 7) is -0.254. The van der Waals surface area contributed by atoms with Gasteiger partial charge in [-0.3, -0.25) is 24.6 Å². The molecule has 0 spiro atoms. The molecule has 11 heteroatoms. The maximum absolute atomic E-state index is 12.6. The molecule has 0 saturated heterocycles. The summed E-state index contributed by atoms with van der Waals surface area (Å²) < 4.78 is 0. The molecule has 0 saturated carbocycles. The SMILES string of the molecule is Nc1nc(CN2C(=O)c3ccc([N+](=O)[O-])cc3C2=O)nc(Nc2ccccc2)n1. The largest absolute Gasteiger partial charge is 0.368 e. The van der Waals surface area contributed by atoms with Crippen LogP contribution in [0.1, 0.15) is 26.5 Å². The second kappa shape index (κ2) is 6.96. The smallest absolute Gasteiger partial charge is 0.270 e. The normalized spacial score (nSPS) is 12.8. The molecule has 3 aromatic rings. The molecule has 29 heavy (non-hydrogen) atoms. The van der Waals surface area contributed by atoms with Crippen LogP contribution in [0.4, 0.5) is 23.3 Å². The third-order valence-corrected chi connectivity index (χ3v) is 4.19. The van der Waals surface area contributed by atoms with Crippen molar-refractivity contribution >= 4 is 35.1 Å². The molecule has 1 aromatic heterocycles. The zero-order valence-electron chi connectivity index (χ0n) is 14.8. The summed E-state index contributed by atoms with van der Waals surface area (Å²) in [5.41, 5.74) is 6.23. The van der Waals surface area contributed by atoms with E-state index >= 15 is 0 Å².